The second-order valence-corrected chi connectivity index (χ2v) is 5.93. The van der Waals surface area contributed by atoms with E-state index in [9.17, 15) is 4.79 Å². The van der Waals surface area contributed by atoms with E-state index in [4.69, 9.17) is 23.2 Å². The van der Waals surface area contributed by atoms with Gasteiger partial charge in [0.05, 0.1) is 6.20 Å². The highest BCUT2D eigenvalue weighted by atomic mass is 35.5. The molecule has 1 saturated heterocycles. The number of piperazine rings is 1. The van der Waals surface area contributed by atoms with Crippen LogP contribution < -0.4 is 10.2 Å². The Balaban J connectivity index is 1.73. The number of halogens is 2. The van der Waals surface area contributed by atoms with E-state index >= 15 is 0 Å². The predicted molar refractivity (Wildman–Crippen MR) is 89.4 cm³/mol. The van der Waals surface area contributed by atoms with Crippen molar-refractivity contribution < 1.29 is 4.79 Å². The average molecular weight is 353 g/mol. The van der Waals surface area contributed by atoms with Gasteiger partial charge in [0, 0.05) is 41.9 Å². The maximum atomic E-state index is 10.7. The first-order chi connectivity index (χ1) is 11.1. The topological polar surface area (TPSA) is 74.2 Å². The Labute approximate surface area is 143 Å². The molecule has 1 amide bonds. The van der Waals surface area contributed by atoms with E-state index in [1.165, 1.54) is 6.20 Å². The van der Waals surface area contributed by atoms with E-state index in [-0.39, 0.29) is 0 Å². The molecule has 1 aromatic carbocycles. The highest BCUT2D eigenvalue weighted by molar-refractivity contribution is 6.35. The summed E-state index contributed by atoms with van der Waals surface area (Å²) in [5, 5.41) is 12.2. The number of aromatic nitrogens is 3. The molecule has 23 heavy (non-hydrogen) atoms. The second-order valence-electron chi connectivity index (χ2n) is 5.05. The summed E-state index contributed by atoms with van der Waals surface area (Å²) >= 11 is 12.0. The predicted octanol–water partition coefficient (Wildman–Crippen LogP) is 2.20. The minimum atomic E-state index is 0.522. The van der Waals surface area contributed by atoms with Crippen molar-refractivity contribution in [3.05, 3.63) is 34.4 Å². The van der Waals surface area contributed by atoms with Gasteiger partial charge in [-0.1, -0.05) is 23.2 Å². The molecule has 2 heterocycles. The molecule has 9 heteroatoms. The molecule has 1 aliphatic rings. The maximum Gasteiger partial charge on any atom is 0.247 e. The molecule has 1 aliphatic heterocycles. The fraction of sp³-hybridized carbons (Fsp3) is 0.286. The normalized spacial score (nSPS) is 14.7. The van der Waals surface area contributed by atoms with E-state index < -0.39 is 0 Å². The van der Waals surface area contributed by atoms with Crippen LogP contribution in [0.3, 0.4) is 0 Å². The van der Waals surface area contributed by atoms with Crippen LogP contribution in [-0.4, -0.2) is 52.7 Å². The number of nitrogens with one attached hydrogen (secondary N) is 1. The van der Waals surface area contributed by atoms with Gasteiger partial charge in [0.15, 0.2) is 5.82 Å². The molecule has 0 spiro atoms. The zero-order valence-corrected chi connectivity index (χ0v) is 13.6. The number of amides is 1. The van der Waals surface area contributed by atoms with E-state index in [0.29, 0.717) is 48.0 Å². The van der Waals surface area contributed by atoms with E-state index in [1.54, 1.807) is 23.1 Å². The standard InChI is InChI=1S/C14H14Cl2N6O/c15-10-5-11(16)7-12(6-10)18-13-8-17-20-14(19-13)22-3-1-21(9-23)2-4-22/h5-9H,1-4H2,(H,18,19,20). The van der Waals surface area contributed by atoms with Gasteiger partial charge in [0.25, 0.3) is 0 Å². The number of hydrogen-bond donors (Lipinski definition) is 1. The van der Waals surface area contributed by atoms with Crippen molar-refractivity contribution in [3.63, 3.8) is 0 Å². The summed E-state index contributed by atoms with van der Waals surface area (Å²) in [4.78, 5) is 18.9. The quantitative estimate of drug-likeness (QED) is 0.850. The number of carbonyl (C=O) groups excluding carboxylic acids is 1. The zero-order chi connectivity index (χ0) is 16.2. The number of nitrogens with zero attached hydrogens (tertiary/aromatic N) is 5. The molecule has 0 aliphatic carbocycles. The summed E-state index contributed by atoms with van der Waals surface area (Å²) < 4.78 is 0. The van der Waals surface area contributed by atoms with Gasteiger partial charge in [0.1, 0.15) is 0 Å². The maximum absolute atomic E-state index is 10.7. The van der Waals surface area contributed by atoms with Crippen LogP contribution in [0.1, 0.15) is 0 Å². The zero-order valence-electron chi connectivity index (χ0n) is 12.1. The lowest BCUT2D eigenvalue weighted by molar-refractivity contribution is -0.118. The van der Waals surface area contributed by atoms with Crippen molar-refractivity contribution >= 4 is 47.1 Å². The van der Waals surface area contributed by atoms with Crippen LogP contribution in [-0.2, 0) is 4.79 Å². The molecule has 1 fully saturated rings. The van der Waals surface area contributed by atoms with Gasteiger partial charge in [-0.05, 0) is 18.2 Å². The van der Waals surface area contributed by atoms with Crippen molar-refractivity contribution in [1.82, 2.24) is 20.1 Å². The van der Waals surface area contributed by atoms with Crippen LogP contribution in [0.2, 0.25) is 10.0 Å². The second kappa shape index (κ2) is 6.97. The highest BCUT2D eigenvalue weighted by Crippen LogP contribution is 2.24. The minimum absolute atomic E-state index is 0.522. The van der Waals surface area contributed by atoms with E-state index in [1.807, 2.05) is 4.90 Å². The lowest BCUT2D eigenvalue weighted by Gasteiger charge is -2.32. The smallest absolute Gasteiger partial charge is 0.247 e. The van der Waals surface area contributed by atoms with Crippen LogP contribution in [0.4, 0.5) is 17.5 Å². The molecule has 2 aromatic rings. The summed E-state index contributed by atoms with van der Waals surface area (Å²) in [7, 11) is 0. The van der Waals surface area contributed by atoms with Crippen LogP contribution in [0.15, 0.2) is 24.4 Å². The SMILES string of the molecule is O=CN1CCN(c2nncc(Nc3cc(Cl)cc(Cl)c3)n2)CC1. The minimum Gasteiger partial charge on any atom is -0.342 e. The first-order valence-electron chi connectivity index (χ1n) is 7.01. The number of anilines is 3. The van der Waals surface area contributed by atoms with Gasteiger partial charge in [-0.15, -0.1) is 5.10 Å². The Bertz CT molecular complexity index is 685. The van der Waals surface area contributed by atoms with Crippen molar-refractivity contribution in [2.45, 2.75) is 0 Å². The molecular formula is C14H14Cl2N6O. The van der Waals surface area contributed by atoms with Gasteiger partial charge >= 0.3 is 0 Å². The summed E-state index contributed by atoms with van der Waals surface area (Å²) in [5.74, 6) is 1.07. The molecule has 7 nitrogen and oxygen atoms in total. The third-order valence-corrected chi connectivity index (χ3v) is 3.87. The molecular weight excluding hydrogens is 339 g/mol. The van der Waals surface area contributed by atoms with Crippen molar-refractivity contribution in [3.8, 4) is 0 Å². The Kier molecular flexibility index (Phi) is 4.78. The third-order valence-electron chi connectivity index (χ3n) is 3.43. The Morgan fingerprint density at radius 2 is 1.78 bits per heavy atom. The average Bonchev–Trinajstić information content (AvgIpc) is 2.54. The van der Waals surface area contributed by atoms with Crippen LogP contribution >= 0.6 is 23.2 Å². The van der Waals surface area contributed by atoms with Crippen molar-refractivity contribution in [2.24, 2.45) is 0 Å². The highest BCUT2D eigenvalue weighted by Gasteiger charge is 2.18. The van der Waals surface area contributed by atoms with Gasteiger partial charge < -0.3 is 15.1 Å². The molecule has 120 valence electrons. The molecule has 0 radical (unpaired) electrons. The summed E-state index contributed by atoms with van der Waals surface area (Å²) in [6.07, 6.45) is 2.39. The van der Waals surface area contributed by atoms with Gasteiger partial charge in [0.2, 0.25) is 12.4 Å². The number of rotatable bonds is 4. The molecule has 0 bridgehead atoms. The Morgan fingerprint density at radius 1 is 1.09 bits per heavy atom. The van der Waals surface area contributed by atoms with Crippen LogP contribution in [0.25, 0.3) is 0 Å². The third kappa shape index (κ3) is 4.00. The Hall–Kier alpha value is -2.12. The number of carbonyl (C=O) groups is 1. The van der Waals surface area contributed by atoms with E-state index in [0.717, 1.165) is 12.1 Å². The van der Waals surface area contributed by atoms with Crippen LogP contribution in [0.5, 0.6) is 0 Å². The molecule has 0 saturated carbocycles. The molecule has 0 unspecified atom stereocenters. The fourth-order valence-electron chi connectivity index (χ4n) is 2.29. The lowest BCUT2D eigenvalue weighted by atomic mass is 10.3. The fourth-order valence-corrected chi connectivity index (χ4v) is 2.82. The van der Waals surface area contributed by atoms with Crippen LogP contribution in [0, 0.1) is 0 Å². The van der Waals surface area contributed by atoms with Crippen molar-refractivity contribution in [1.29, 1.82) is 0 Å². The lowest BCUT2D eigenvalue weighted by Crippen LogP contribution is -2.46. The number of hydrogen-bond acceptors (Lipinski definition) is 6. The number of benzene rings is 1. The van der Waals surface area contributed by atoms with Gasteiger partial charge in [-0.3, -0.25) is 4.79 Å². The summed E-state index contributed by atoms with van der Waals surface area (Å²) in [5.41, 5.74) is 0.722. The summed E-state index contributed by atoms with van der Waals surface area (Å²) in [6, 6.07) is 5.15. The monoisotopic (exact) mass is 352 g/mol. The Morgan fingerprint density at radius 3 is 2.43 bits per heavy atom. The van der Waals surface area contributed by atoms with Gasteiger partial charge in [-0.2, -0.15) is 10.1 Å². The van der Waals surface area contributed by atoms with Crippen molar-refractivity contribution in [2.75, 3.05) is 36.4 Å². The molecule has 3 rings (SSSR count). The largest absolute Gasteiger partial charge is 0.342 e. The molecule has 1 N–H and O–H groups in total. The summed E-state index contributed by atoms with van der Waals surface area (Å²) in [6.45, 7) is 2.64. The van der Waals surface area contributed by atoms with E-state index in [2.05, 4.69) is 20.5 Å². The van der Waals surface area contributed by atoms with Gasteiger partial charge in [-0.25, -0.2) is 0 Å². The first-order valence-corrected chi connectivity index (χ1v) is 7.77. The molecule has 1 aromatic heterocycles. The molecule has 0 atom stereocenters. The first kappa shape index (κ1) is 15.8.